The lowest BCUT2D eigenvalue weighted by molar-refractivity contribution is -0.0893. The van der Waals surface area contributed by atoms with Crippen LogP contribution in [0.3, 0.4) is 0 Å². The van der Waals surface area contributed by atoms with Crippen LogP contribution in [0.15, 0.2) is 52.9 Å². The molecule has 1 aromatic heterocycles. The van der Waals surface area contributed by atoms with Crippen molar-refractivity contribution in [2.45, 2.75) is 38.9 Å². The van der Waals surface area contributed by atoms with Crippen molar-refractivity contribution in [3.8, 4) is 0 Å². The summed E-state index contributed by atoms with van der Waals surface area (Å²) >= 11 is 6.51. The van der Waals surface area contributed by atoms with Gasteiger partial charge in [-0.15, -0.1) is 0 Å². The highest BCUT2D eigenvalue weighted by molar-refractivity contribution is 6.58. The molecule has 3 aromatic carbocycles. The van der Waals surface area contributed by atoms with E-state index in [4.69, 9.17) is 20.7 Å². The molecule has 4 rings (SSSR count). The zero-order chi connectivity index (χ0) is 19.4. The van der Waals surface area contributed by atoms with Gasteiger partial charge in [-0.3, -0.25) is 0 Å². The number of hydrogen-bond donors (Lipinski definition) is 1. The van der Waals surface area contributed by atoms with Crippen molar-refractivity contribution >= 4 is 57.3 Å². The molecule has 27 heavy (non-hydrogen) atoms. The van der Waals surface area contributed by atoms with E-state index < -0.39 is 11.2 Å². The molecular formula is C22H21BClO3. The van der Waals surface area contributed by atoms with Crippen LogP contribution in [0.1, 0.15) is 27.7 Å². The minimum atomic E-state index is -1.02. The average molecular weight is 380 g/mol. The van der Waals surface area contributed by atoms with Crippen LogP contribution >= 0.6 is 11.6 Å². The van der Waals surface area contributed by atoms with Crippen molar-refractivity contribution in [1.82, 2.24) is 0 Å². The van der Waals surface area contributed by atoms with E-state index in [1.807, 2.05) is 32.0 Å². The van der Waals surface area contributed by atoms with E-state index in [0.717, 1.165) is 38.2 Å². The van der Waals surface area contributed by atoms with E-state index >= 15 is 0 Å². The van der Waals surface area contributed by atoms with Crippen molar-refractivity contribution in [3.05, 3.63) is 53.6 Å². The van der Waals surface area contributed by atoms with Gasteiger partial charge in [-0.25, -0.2) is 0 Å². The van der Waals surface area contributed by atoms with Crippen LogP contribution in [0.5, 0.6) is 0 Å². The third kappa shape index (κ3) is 3.02. The highest BCUT2D eigenvalue weighted by Crippen LogP contribution is 2.34. The highest BCUT2D eigenvalue weighted by Gasteiger charge is 2.36. The third-order valence-corrected chi connectivity index (χ3v) is 5.79. The Kier molecular flexibility index (Phi) is 4.26. The van der Waals surface area contributed by atoms with Crippen molar-refractivity contribution in [2.24, 2.45) is 0 Å². The molecule has 0 bridgehead atoms. The Balaban J connectivity index is 1.90. The molecule has 0 aliphatic heterocycles. The van der Waals surface area contributed by atoms with E-state index in [9.17, 15) is 5.11 Å². The summed E-state index contributed by atoms with van der Waals surface area (Å²) in [6, 6.07) is 16.0. The molecule has 0 atom stereocenters. The monoisotopic (exact) mass is 379 g/mol. The molecule has 0 amide bonds. The maximum atomic E-state index is 10.4. The summed E-state index contributed by atoms with van der Waals surface area (Å²) in [6.07, 6.45) is 0. The first-order valence-corrected chi connectivity index (χ1v) is 9.33. The Morgan fingerprint density at radius 2 is 1.70 bits per heavy atom. The summed E-state index contributed by atoms with van der Waals surface area (Å²) < 4.78 is 12.2. The Morgan fingerprint density at radius 1 is 0.963 bits per heavy atom. The molecule has 137 valence electrons. The molecule has 4 aromatic rings. The Hall–Kier alpha value is -2.01. The van der Waals surface area contributed by atoms with Crippen molar-refractivity contribution in [1.29, 1.82) is 0 Å². The van der Waals surface area contributed by atoms with Crippen molar-refractivity contribution in [3.63, 3.8) is 0 Å². The summed E-state index contributed by atoms with van der Waals surface area (Å²) in [4.78, 5) is 0. The molecule has 1 heterocycles. The van der Waals surface area contributed by atoms with Gasteiger partial charge in [0.2, 0.25) is 0 Å². The van der Waals surface area contributed by atoms with Gasteiger partial charge in [0.25, 0.3) is 0 Å². The standard InChI is InChI=1S/C22H21BClO3/c1-21(2,25)22(3,4)27-23-19-16(24)11-12-17-18(19)15-10-9-13-7-5-6-8-14(13)20(15)26-17/h5-12,25H,1-4H3. The Bertz CT molecular complexity index is 1160. The van der Waals surface area contributed by atoms with Gasteiger partial charge in [0.1, 0.15) is 11.2 Å². The lowest BCUT2D eigenvalue weighted by atomic mass is 9.80. The SMILES string of the molecule is CC(C)(O)C(C)(C)O[B]c1c(Cl)ccc2oc3c4ccccc4ccc3c12. The predicted molar refractivity (Wildman–Crippen MR) is 113 cm³/mol. The minimum absolute atomic E-state index is 0.574. The second-order valence-corrected chi connectivity index (χ2v) is 8.31. The van der Waals surface area contributed by atoms with Gasteiger partial charge in [-0.05, 0) is 56.7 Å². The van der Waals surface area contributed by atoms with Gasteiger partial charge >= 0.3 is 7.48 Å². The number of furan rings is 1. The molecule has 0 aliphatic carbocycles. The number of fused-ring (bicyclic) bond motifs is 5. The molecule has 5 heteroatoms. The molecule has 0 saturated carbocycles. The lowest BCUT2D eigenvalue weighted by Crippen LogP contribution is -2.49. The van der Waals surface area contributed by atoms with Crippen LogP contribution < -0.4 is 5.46 Å². The largest absolute Gasteiger partial charge is 0.455 e. The molecule has 0 unspecified atom stereocenters. The Labute approximate surface area is 164 Å². The van der Waals surface area contributed by atoms with E-state index in [1.54, 1.807) is 27.4 Å². The quantitative estimate of drug-likeness (QED) is 0.495. The van der Waals surface area contributed by atoms with Gasteiger partial charge < -0.3 is 14.2 Å². The summed E-state index contributed by atoms with van der Waals surface area (Å²) in [6.45, 7) is 7.14. The van der Waals surface area contributed by atoms with Gasteiger partial charge in [0.05, 0.1) is 11.2 Å². The van der Waals surface area contributed by atoms with Crippen molar-refractivity contribution in [2.75, 3.05) is 0 Å². The molecule has 0 saturated heterocycles. The van der Waals surface area contributed by atoms with E-state index in [0.29, 0.717) is 5.02 Å². The second-order valence-electron chi connectivity index (χ2n) is 7.90. The first kappa shape index (κ1) is 18.4. The van der Waals surface area contributed by atoms with Gasteiger partial charge in [0, 0.05) is 21.2 Å². The van der Waals surface area contributed by atoms with E-state index in [2.05, 4.69) is 24.3 Å². The third-order valence-electron chi connectivity index (χ3n) is 5.46. The minimum Gasteiger partial charge on any atom is -0.455 e. The van der Waals surface area contributed by atoms with Crippen LogP contribution in [0.2, 0.25) is 5.02 Å². The second kappa shape index (κ2) is 6.27. The molecule has 1 N–H and O–H groups in total. The summed E-state index contributed by atoms with van der Waals surface area (Å²) in [5.41, 5.74) is 0.535. The number of aliphatic hydroxyl groups is 1. The Morgan fingerprint density at radius 3 is 2.44 bits per heavy atom. The molecule has 3 nitrogen and oxygen atoms in total. The summed E-state index contributed by atoms with van der Waals surface area (Å²) in [7, 11) is 1.63. The van der Waals surface area contributed by atoms with Crippen LogP contribution in [0, 0.1) is 0 Å². The fourth-order valence-electron chi connectivity index (χ4n) is 3.06. The van der Waals surface area contributed by atoms with E-state index in [-0.39, 0.29) is 0 Å². The summed E-state index contributed by atoms with van der Waals surface area (Å²) in [5, 5.41) is 15.0. The van der Waals surface area contributed by atoms with Crippen LogP contribution in [-0.2, 0) is 4.65 Å². The number of hydrogen-bond acceptors (Lipinski definition) is 3. The first-order valence-electron chi connectivity index (χ1n) is 8.95. The lowest BCUT2D eigenvalue weighted by Gasteiger charge is -2.37. The molecular weight excluding hydrogens is 359 g/mol. The van der Waals surface area contributed by atoms with Crippen LogP contribution in [0.25, 0.3) is 32.7 Å². The zero-order valence-electron chi connectivity index (χ0n) is 15.8. The zero-order valence-corrected chi connectivity index (χ0v) is 16.6. The predicted octanol–water partition coefficient (Wildman–Crippen LogP) is 5.20. The normalized spacial score (nSPS) is 13.0. The maximum absolute atomic E-state index is 10.4. The van der Waals surface area contributed by atoms with E-state index in [1.165, 1.54) is 0 Å². The molecule has 0 fully saturated rings. The average Bonchev–Trinajstić information content (AvgIpc) is 2.99. The van der Waals surface area contributed by atoms with Crippen LogP contribution in [0.4, 0.5) is 0 Å². The van der Waals surface area contributed by atoms with Gasteiger partial charge in [0.15, 0.2) is 0 Å². The van der Waals surface area contributed by atoms with Gasteiger partial charge in [-0.2, -0.15) is 0 Å². The topological polar surface area (TPSA) is 42.6 Å². The van der Waals surface area contributed by atoms with Crippen molar-refractivity contribution < 1.29 is 14.2 Å². The number of benzene rings is 3. The highest BCUT2D eigenvalue weighted by atomic mass is 35.5. The molecule has 1 radical (unpaired) electrons. The van der Waals surface area contributed by atoms with Gasteiger partial charge in [-0.1, -0.05) is 41.9 Å². The summed E-state index contributed by atoms with van der Waals surface area (Å²) in [5.74, 6) is 0. The maximum Gasteiger partial charge on any atom is 0.333 e. The number of rotatable bonds is 4. The van der Waals surface area contributed by atoms with Crippen LogP contribution in [-0.4, -0.2) is 23.8 Å². The first-order chi connectivity index (χ1) is 12.7. The number of halogens is 1. The fraction of sp³-hybridized carbons (Fsp3) is 0.273. The molecule has 0 spiro atoms. The smallest absolute Gasteiger partial charge is 0.333 e. The molecule has 0 aliphatic rings. The fourth-order valence-corrected chi connectivity index (χ4v) is 3.26.